The molecular weight excluding hydrogens is 384 g/mol. The van der Waals surface area contributed by atoms with Crippen LogP contribution in [0.4, 0.5) is 0 Å². The van der Waals surface area contributed by atoms with Crippen LogP contribution in [0.2, 0.25) is 0 Å². The number of fused-ring (bicyclic) bond motifs is 1. The predicted molar refractivity (Wildman–Crippen MR) is 120 cm³/mol. The van der Waals surface area contributed by atoms with Crippen LogP contribution in [-0.2, 0) is 0 Å². The maximum absolute atomic E-state index is 5.44. The smallest absolute Gasteiger partial charge is 0.162 e. The van der Waals surface area contributed by atoms with Crippen molar-refractivity contribution in [3.05, 3.63) is 58.6 Å². The van der Waals surface area contributed by atoms with Crippen LogP contribution in [0.15, 0.2) is 47.5 Å². The first-order chi connectivity index (χ1) is 13.6. The monoisotopic (exact) mass is 414 g/mol. The van der Waals surface area contributed by atoms with Crippen molar-refractivity contribution in [2.24, 2.45) is 4.99 Å². The van der Waals surface area contributed by atoms with Gasteiger partial charge in [0.15, 0.2) is 11.5 Å². The van der Waals surface area contributed by atoms with E-state index in [1.54, 1.807) is 14.2 Å². The quantitative estimate of drug-likeness (QED) is 0.724. The maximum atomic E-state index is 5.44. The molecular formula is C24H31ClN2O2. The molecule has 2 aliphatic heterocycles. The zero-order valence-electron chi connectivity index (χ0n) is 17.6. The minimum atomic E-state index is -0.157. The van der Waals surface area contributed by atoms with Crippen LogP contribution in [0.25, 0.3) is 6.08 Å². The second kappa shape index (κ2) is 9.19. The Labute approximate surface area is 179 Å². The van der Waals surface area contributed by atoms with Crippen LogP contribution in [0.3, 0.4) is 0 Å². The number of benzene rings is 2. The van der Waals surface area contributed by atoms with E-state index < -0.39 is 0 Å². The molecule has 1 fully saturated rings. The number of nitrogens with zero attached hydrogens (tertiary/aromatic N) is 2. The summed E-state index contributed by atoms with van der Waals surface area (Å²) in [5.41, 5.74) is 1.34. The highest BCUT2D eigenvalue weighted by Gasteiger charge is 2.27. The van der Waals surface area contributed by atoms with Crippen molar-refractivity contribution in [2.75, 3.05) is 33.9 Å². The highest BCUT2D eigenvalue weighted by molar-refractivity contribution is 5.85. The third kappa shape index (κ3) is 4.76. The Morgan fingerprint density at radius 3 is 2.34 bits per heavy atom. The van der Waals surface area contributed by atoms with Gasteiger partial charge in [-0.15, -0.1) is 12.4 Å². The Kier molecular flexibility index (Phi) is 6.86. The van der Waals surface area contributed by atoms with Gasteiger partial charge in [-0.25, -0.2) is 0 Å². The van der Waals surface area contributed by atoms with E-state index in [-0.39, 0.29) is 17.9 Å². The predicted octanol–water partition coefficient (Wildman–Crippen LogP) is 3.57. The summed E-state index contributed by atoms with van der Waals surface area (Å²) >= 11 is 0. The Morgan fingerprint density at radius 2 is 1.69 bits per heavy atom. The van der Waals surface area contributed by atoms with Gasteiger partial charge in [0.2, 0.25) is 0 Å². The molecule has 2 aromatic rings. The van der Waals surface area contributed by atoms with E-state index in [1.165, 1.54) is 31.5 Å². The van der Waals surface area contributed by atoms with Crippen LogP contribution in [-0.4, -0.2) is 44.3 Å². The van der Waals surface area contributed by atoms with Crippen LogP contribution in [0, 0.1) is 0 Å². The molecule has 4 rings (SSSR count). The van der Waals surface area contributed by atoms with Crippen molar-refractivity contribution in [3.8, 4) is 11.5 Å². The molecule has 0 aliphatic carbocycles. The molecule has 0 amide bonds. The van der Waals surface area contributed by atoms with E-state index in [2.05, 4.69) is 48.2 Å². The van der Waals surface area contributed by atoms with Gasteiger partial charge < -0.3 is 14.4 Å². The lowest BCUT2D eigenvalue weighted by atomic mass is 9.89. The third-order valence-electron chi connectivity index (χ3n) is 6.17. The number of ether oxygens (including phenoxy) is 2. The summed E-state index contributed by atoms with van der Waals surface area (Å²) in [6.07, 6.45) is 5.80. The van der Waals surface area contributed by atoms with Gasteiger partial charge in [0.25, 0.3) is 0 Å². The average Bonchev–Trinajstić information content (AvgIpc) is 3.07. The molecule has 1 unspecified atom stereocenters. The number of methoxy groups -OCH3 is 2. The Hall–Kier alpha value is -2.04. The van der Waals surface area contributed by atoms with Crippen LogP contribution < -0.4 is 20.0 Å². The number of halogens is 1. The van der Waals surface area contributed by atoms with Gasteiger partial charge in [0, 0.05) is 17.8 Å². The third-order valence-corrected chi connectivity index (χ3v) is 6.17. The molecule has 4 nitrogen and oxygen atoms in total. The summed E-state index contributed by atoms with van der Waals surface area (Å²) in [6, 6.07) is 15.0. The SMILES string of the molecule is COc1cc2c(cc1OC)=NC(C)(CCN1CCC(c3ccccc3)CC1)C=2.Cl. The molecule has 2 heterocycles. The van der Waals surface area contributed by atoms with Crippen molar-refractivity contribution in [1.82, 2.24) is 4.90 Å². The first-order valence-corrected chi connectivity index (χ1v) is 10.2. The normalized spacial score (nSPS) is 21.5. The van der Waals surface area contributed by atoms with E-state index >= 15 is 0 Å². The number of hydrogen-bond acceptors (Lipinski definition) is 4. The fraction of sp³-hybridized carbons (Fsp3) is 0.458. The Balaban J connectivity index is 0.00000240. The fourth-order valence-electron chi connectivity index (χ4n) is 4.47. The molecule has 0 spiro atoms. The largest absolute Gasteiger partial charge is 0.493 e. The lowest BCUT2D eigenvalue weighted by Crippen LogP contribution is -2.36. The molecule has 156 valence electrons. The molecule has 0 bridgehead atoms. The molecule has 2 aromatic carbocycles. The van der Waals surface area contributed by atoms with E-state index in [4.69, 9.17) is 14.5 Å². The average molecular weight is 415 g/mol. The van der Waals surface area contributed by atoms with Crippen molar-refractivity contribution >= 4 is 18.5 Å². The molecule has 5 heteroatoms. The second-order valence-electron chi connectivity index (χ2n) is 8.16. The minimum absolute atomic E-state index is 0. The molecule has 0 saturated carbocycles. The van der Waals surface area contributed by atoms with Gasteiger partial charge in [0.05, 0.1) is 25.1 Å². The van der Waals surface area contributed by atoms with Gasteiger partial charge in [0.1, 0.15) is 0 Å². The molecule has 2 aliphatic rings. The van der Waals surface area contributed by atoms with Gasteiger partial charge in [-0.3, -0.25) is 4.99 Å². The van der Waals surface area contributed by atoms with Crippen LogP contribution >= 0.6 is 12.4 Å². The highest BCUT2D eigenvalue weighted by Crippen LogP contribution is 2.29. The molecule has 0 N–H and O–H groups in total. The van der Waals surface area contributed by atoms with Crippen LogP contribution in [0.5, 0.6) is 11.5 Å². The number of hydrogen-bond donors (Lipinski definition) is 0. The standard InChI is InChI=1S/C24H30N2O2.ClH/c1-24(17-20-15-22(27-2)23(28-3)16-21(20)25-24)11-14-26-12-9-19(10-13-26)18-7-5-4-6-8-18;/h4-8,15-17,19H,9-14H2,1-3H3;1H. The van der Waals surface area contributed by atoms with E-state index in [9.17, 15) is 0 Å². The maximum Gasteiger partial charge on any atom is 0.162 e. The first kappa shape index (κ1) is 21.7. The zero-order chi connectivity index (χ0) is 19.6. The van der Waals surface area contributed by atoms with Crippen molar-refractivity contribution in [2.45, 2.75) is 37.6 Å². The van der Waals surface area contributed by atoms with Crippen LogP contribution in [0.1, 0.15) is 37.7 Å². The van der Waals surface area contributed by atoms with Crippen molar-refractivity contribution in [1.29, 1.82) is 0 Å². The van der Waals surface area contributed by atoms with Gasteiger partial charge in [-0.05, 0) is 62.9 Å². The Morgan fingerprint density at radius 1 is 1.03 bits per heavy atom. The number of likely N-dealkylation sites (tertiary alicyclic amines) is 1. The number of rotatable bonds is 6. The van der Waals surface area contributed by atoms with Crippen molar-refractivity contribution in [3.63, 3.8) is 0 Å². The molecule has 29 heavy (non-hydrogen) atoms. The molecule has 1 saturated heterocycles. The molecule has 0 aromatic heterocycles. The fourth-order valence-corrected chi connectivity index (χ4v) is 4.47. The molecule has 0 radical (unpaired) electrons. The van der Waals surface area contributed by atoms with E-state index in [1.807, 2.05) is 12.1 Å². The minimum Gasteiger partial charge on any atom is -0.493 e. The van der Waals surface area contributed by atoms with Gasteiger partial charge in [-0.1, -0.05) is 30.3 Å². The topological polar surface area (TPSA) is 34.1 Å². The van der Waals surface area contributed by atoms with E-state index in [0.29, 0.717) is 5.92 Å². The lowest BCUT2D eigenvalue weighted by Gasteiger charge is -2.33. The molecule has 1 atom stereocenters. The lowest BCUT2D eigenvalue weighted by molar-refractivity contribution is 0.202. The first-order valence-electron chi connectivity index (χ1n) is 10.2. The van der Waals surface area contributed by atoms with E-state index in [0.717, 1.165) is 35.0 Å². The summed E-state index contributed by atoms with van der Waals surface area (Å²) in [7, 11) is 3.34. The highest BCUT2D eigenvalue weighted by atomic mass is 35.5. The summed E-state index contributed by atoms with van der Waals surface area (Å²) in [5, 5.41) is 2.14. The summed E-state index contributed by atoms with van der Waals surface area (Å²) in [4.78, 5) is 7.59. The summed E-state index contributed by atoms with van der Waals surface area (Å²) in [5.74, 6) is 2.21. The van der Waals surface area contributed by atoms with Crippen molar-refractivity contribution < 1.29 is 9.47 Å². The van der Waals surface area contributed by atoms with Gasteiger partial charge >= 0.3 is 0 Å². The van der Waals surface area contributed by atoms with Gasteiger partial charge in [-0.2, -0.15) is 0 Å². The second-order valence-corrected chi connectivity index (χ2v) is 8.16. The Bertz CT molecular complexity index is 894. The zero-order valence-corrected chi connectivity index (χ0v) is 18.4. The summed E-state index contributed by atoms with van der Waals surface area (Å²) < 4.78 is 10.9. The summed E-state index contributed by atoms with van der Waals surface area (Å²) in [6.45, 7) is 5.65. The number of piperidine rings is 1.